The highest BCUT2D eigenvalue weighted by Crippen LogP contribution is 2.37. The molecule has 1 rings (SSSR count). The second-order valence-corrected chi connectivity index (χ2v) is 6.09. The highest BCUT2D eigenvalue weighted by atomic mass is 16.3. The molecule has 0 saturated carbocycles. The maximum atomic E-state index is 10.3. The lowest BCUT2D eigenvalue weighted by Crippen LogP contribution is -2.23. The van der Waals surface area contributed by atoms with Crippen LogP contribution in [0.25, 0.3) is 0 Å². The Morgan fingerprint density at radius 3 is 2.29 bits per heavy atom. The van der Waals surface area contributed by atoms with Gasteiger partial charge in [0.05, 0.1) is 17.2 Å². The smallest absolute Gasteiger partial charge is 0.100 e. The molecule has 0 aliphatic carbocycles. The quantitative estimate of drug-likeness (QED) is 0.855. The summed E-state index contributed by atoms with van der Waals surface area (Å²) in [5.74, 6) is 0. The molecule has 4 heteroatoms. The minimum absolute atomic E-state index is 0.150. The van der Waals surface area contributed by atoms with Crippen molar-refractivity contribution < 1.29 is 5.11 Å². The molecule has 17 heavy (non-hydrogen) atoms. The van der Waals surface area contributed by atoms with E-state index in [1.165, 1.54) is 0 Å². The Labute approximate surface area is 103 Å². The molecule has 0 aliphatic rings. The average Bonchev–Trinajstić information content (AvgIpc) is 2.58. The Bertz CT molecular complexity index is 446. The Morgan fingerprint density at radius 2 is 1.88 bits per heavy atom. The molecule has 1 aromatic rings. The third kappa shape index (κ3) is 2.67. The van der Waals surface area contributed by atoms with Crippen molar-refractivity contribution in [1.29, 1.82) is 5.26 Å². The molecule has 0 bridgehead atoms. The Balaban J connectivity index is 3.29. The van der Waals surface area contributed by atoms with Gasteiger partial charge in [-0.15, -0.1) is 0 Å². The molecular formula is C13H21N3O. The van der Waals surface area contributed by atoms with Crippen molar-refractivity contribution in [1.82, 2.24) is 9.78 Å². The van der Waals surface area contributed by atoms with Crippen LogP contribution in [0, 0.1) is 16.7 Å². The Kier molecular flexibility index (Phi) is 3.35. The highest BCUT2D eigenvalue weighted by Gasteiger charge is 2.34. The minimum atomic E-state index is -0.824. The van der Waals surface area contributed by atoms with E-state index in [4.69, 9.17) is 5.26 Å². The van der Waals surface area contributed by atoms with E-state index in [0.717, 1.165) is 11.3 Å². The fourth-order valence-electron chi connectivity index (χ4n) is 1.74. The first-order valence-electron chi connectivity index (χ1n) is 5.73. The molecule has 1 atom stereocenters. The van der Waals surface area contributed by atoms with Crippen molar-refractivity contribution >= 4 is 0 Å². The number of nitrogens with zero attached hydrogens (tertiary/aromatic N) is 3. The molecule has 0 amide bonds. The number of rotatable bonds is 2. The van der Waals surface area contributed by atoms with Crippen LogP contribution in [0.1, 0.15) is 52.0 Å². The monoisotopic (exact) mass is 235 g/mol. The fourth-order valence-corrected chi connectivity index (χ4v) is 1.74. The molecule has 1 N–H and O–H groups in total. The van der Waals surface area contributed by atoms with Gasteiger partial charge in [0, 0.05) is 24.2 Å². The summed E-state index contributed by atoms with van der Waals surface area (Å²) in [5, 5.41) is 23.8. The number of hydrogen-bond donors (Lipinski definition) is 1. The summed E-state index contributed by atoms with van der Waals surface area (Å²) >= 11 is 0. The minimum Gasteiger partial charge on any atom is -0.387 e. The van der Waals surface area contributed by atoms with Crippen molar-refractivity contribution in [2.45, 2.75) is 46.1 Å². The molecule has 0 saturated heterocycles. The lowest BCUT2D eigenvalue weighted by Gasteiger charge is -2.26. The molecule has 0 aromatic carbocycles. The van der Waals surface area contributed by atoms with E-state index < -0.39 is 11.5 Å². The molecule has 0 aliphatic heterocycles. The van der Waals surface area contributed by atoms with Crippen LogP contribution in [0.3, 0.4) is 0 Å². The van der Waals surface area contributed by atoms with Crippen LogP contribution in [-0.2, 0) is 12.5 Å². The lowest BCUT2D eigenvalue weighted by atomic mass is 9.80. The van der Waals surface area contributed by atoms with Crippen molar-refractivity contribution in [3.63, 3.8) is 0 Å². The first-order valence-corrected chi connectivity index (χ1v) is 5.73. The van der Waals surface area contributed by atoms with E-state index in [0.29, 0.717) is 0 Å². The van der Waals surface area contributed by atoms with Gasteiger partial charge >= 0.3 is 0 Å². The standard InChI is InChI=1S/C13H21N3O/c1-12(2,3)10-9(7-16(6)15-10)11(17)13(4,5)8-14/h7,11,17H,1-6H3. The van der Waals surface area contributed by atoms with Crippen LogP contribution in [0.4, 0.5) is 0 Å². The first kappa shape index (κ1) is 13.7. The van der Waals surface area contributed by atoms with Gasteiger partial charge in [-0.1, -0.05) is 20.8 Å². The summed E-state index contributed by atoms with van der Waals surface area (Å²) in [6.07, 6.45) is 0.972. The molecular weight excluding hydrogens is 214 g/mol. The zero-order valence-corrected chi connectivity index (χ0v) is 11.4. The second kappa shape index (κ2) is 4.15. The SMILES string of the molecule is Cn1cc(C(O)C(C)(C)C#N)c(C(C)(C)C)n1. The average molecular weight is 235 g/mol. The van der Waals surface area contributed by atoms with Crippen LogP contribution in [0.2, 0.25) is 0 Å². The number of aliphatic hydroxyl groups excluding tert-OH is 1. The highest BCUT2D eigenvalue weighted by molar-refractivity contribution is 5.29. The zero-order valence-electron chi connectivity index (χ0n) is 11.4. The number of nitriles is 1. The van der Waals surface area contributed by atoms with Crippen molar-refractivity contribution in [3.8, 4) is 6.07 Å². The largest absolute Gasteiger partial charge is 0.387 e. The molecule has 0 fully saturated rings. The predicted molar refractivity (Wildman–Crippen MR) is 66.3 cm³/mol. The maximum absolute atomic E-state index is 10.3. The summed E-state index contributed by atoms with van der Waals surface area (Å²) in [7, 11) is 1.82. The summed E-state index contributed by atoms with van der Waals surface area (Å²) in [4.78, 5) is 0. The normalized spacial score (nSPS) is 14.5. The van der Waals surface area contributed by atoms with E-state index in [9.17, 15) is 5.11 Å². The predicted octanol–water partition coefficient (Wildman–Crippen LogP) is 2.30. The number of hydrogen-bond acceptors (Lipinski definition) is 3. The van der Waals surface area contributed by atoms with Crippen molar-refractivity contribution in [3.05, 3.63) is 17.5 Å². The van der Waals surface area contributed by atoms with Crippen molar-refractivity contribution in [2.24, 2.45) is 12.5 Å². The summed E-state index contributed by atoms with van der Waals surface area (Å²) in [6, 6.07) is 2.14. The number of aliphatic hydroxyl groups is 1. The van der Waals surface area contributed by atoms with Crippen LogP contribution in [0.15, 0.2) is 6.20 Å². The topological polar surface area (TPSA) is 61.8 Å². The second-order valence-electron chi connectivity index (χ2n) is 6.09. The van der Waals surface area contributed by atoms with Gasteiger partial charge in [-0.25, -0.2) is 0 Å². The van der Waals surface area contributed by atoms with E-state index in [1.807, 2.05) is 27.8 Å². The molecule has 94 valence electrons. The molecule has 1 unspecified atom stereocenters. The number of aromatic nitrogens is 2. The molecule has 1 aromatic heterocycles. The van der Waals surface area contributed by atoms with E-state index in [2.05, 4.69) is 11.2 Å². The summed E-state index contributed by atoms with van der Waals surface area (Å²) in [5.41, 5.74) is 0.619. The van der Waals surface area contributed by atoms with E-state index >= 15 is 0 Å². The van der Waals surface area contributed by atoms with Crippen LogP contribution in [-0.4, -0.2) is 14.9 Å². The van der Waals surface area contributed by atoms with Gasteiger partial charge in [0.25, 0.3) is 0 Å². The zero-order chi connectivity index (χ0) is 13.4. The van der Waals surface area contributed by atoms with Gasteiger partial charge in [0.1, 0.15) is 6.10 Å². The molecule has 0 spiro atoms. The van der Waals surface area contributed by atoms with Gasteiger partial charge in [0.2, 0.25) is 0 Å². The van der Waals surface area contributed by atoms with Gasteiger partial charge in [-0.05, 0) is 13.8 Å². The summed E-state index contributed by atoms with van der Waals surface area (Å²) in [6.45, 7) is 9.61. The number of aryl methyl sites for hydroxylation is 1. The van der Waals surface area contributed by atoms with E-state index in [1.54, 1.807) is 24.7 Å². The van der Waals surface area contributed by atoms with Gasteiger partial charge in [-0.2, -0.15) is 10.4 Å². The van der Waals surface area contributed by atoms with Crippen LogP contribution in [0.5, 0.6) is 0 Å². The molecule has 4 nitrogen and oxygen atoms in total. The summed E-state index contributed by atoms with van der Waals surface area (Å²) < 4.78 is 1.69. The van der Waals surface area contributed by atoms with Crippen LogP contribution < -0.4 is 0 Å². The van der Waals surface area contributed by atoms with E-state index in [-0.39, 0.29) is 5.41 Å². The fraction of sp³-hybridized carbons (Fsp3) is 0.692. The van der Waals surface area contributed by atoms with Crippen LogP contribution >= 0.6 is 0 Å². The van der Waals surface area contributed by atoms with Gasteiger partial charge in [0.15, 0.2) is 0 Å². The maximum Gasteiger partial charge on any atom is 0.100 e. The third-order valence-corrected chi connectivity index (χ3v) is 2.83. The first-order chi connectivity index (χ1) is 7.59. The molecule has 1 heterocycles. The molecule has 0 radical (unpaired) electrons. The van der Waals surface area contributed by atoms with Gasteiger partial charge < -0.3 is 5.11 Å². The lowest BCUT2D eigenvalue weighted by molar-refractivity contribution is 0.0850. The Hall–Kier alpha value is -1.34. The Morgan fingerprint density at radius 1 is 1.35 bits per heavy atom. The van der Waals surface area contributed by atoms with Crippen molar-refractivity contribution in [2.75, 3.05) is 0 Å². The van der Waals surface area contributed by atoms with Gasteiger partial charge in [-0.3, -0.25) is 4.68 Å². The third-order valence-electron chi connectivity index (χ3n) is 2.83.